The van der Waals surface area contributed by atoms with E-state index in [4.69, 9.17) is 15.9 Å². The summed E-state index contributed by atoms with van der Waals surface area (Å²) in [6.45, 7) is 11.7. The van der Waals surface area contributed by atoms with Gasteiger partial charge in [-0.15, -0.1) is 12.3 Å². The van der Waals surface area contributed by atoms with Crippen LogP contribution in [0.2, 0.25) is 0 Å². The molecule has 0 saturated heterocycles. The third kappa shape index (κ3) is 10.8. The first kappa shape index (κ1) is 20.1. The van der Waals surface area contributed by atoms with Gasteiger partial charge in [0.2, 0.25) is 0 Å². The fourth-order valence-electron chi connectivity index (χ4n) is 1.43. The first-order valence-corrected chi connectivity index (χ1v) is 7.33. The van der Waals surface area contributed by atoms with Gasteiger partial charge in [-0.2, -0.15) is 0 Å². The van der Waals surface area contributed by atoms with Gasteiger partial charge in [0, 0.05) is 26.1 Å². The Morgan fingerprint density at radius 2 is 1.59 bits per heavy atom. The normalized spacial score (nSPS) is 11.3. The molecule has 0 aromatic carbocycles. The molecule has 126 valence electrons. The Labute approximate surface area is 133 Å². The molecular formula is C16H28N2O4. The van der Waals surface area contributed by atoms with Crippen molar-refractivity contribution in [2.75, 3.05) is 19.6 Å². The highest BCUT2D eigenvalue weighted by Crippen LogP contribution is 2.10. The van der Waals surface area contributed by atoms with Crippen molar-refractivity contribution in [2.24, 2.45) is 0 Å². The molecule has 0 saturated carbocycles. The van der Waals surface area contributed by atoms with Crippen molar-refractivity contribution in [2.45, 2.75) is 59.2 Å². The van der Waals surface area contributed by atoms with Crippen LogP contribution in [-0.2, 0) is 9.47 Å². The molecule has 1 N–H and O–H groups in total. The quantitative estimate of drug-likeness (QED) is 0.793. The van der Waals surface area contributed by atoms with Crippen LogP contribution in [0.1, 0.15) is 48.0 Å². The number of nitrogens with one attached hydrogen (secondary N) is 1. The number of rotatable bonds is 5. The summed E-state index contributed by atoms with van der Waals surface area (Å²) >= 11 is 0. The van der Waals surface area contributed by atoms with Crippen LogP contribution in [0.5, 0.6) is 0 Å². The smallest absolute Gasteiger partial charge is 0.410 e. The van der Waals surface area contributed by atoms with Gasteiger partial charge in [0.05, 0.1) is 0 Å². The summed E-state index contributed by atoms with van der Waals surface area (Å²) in [4.78, 5) is 25.1. The van der Waals surface area contributed by atoms with Gasteiger partial charge in [0.25, 0.3) is 0 Å². The van der Waals surface area contributed by atoms with E-state index in [1.165, 1.54) is 4.90 Å². The van der Waals surface area contributed by atoms with Crippen molar-refractivity contribution < 1.29 is 19.1 Å². The van der Waals surface area contributed by atoms with E-state index in [0.717, 1.165) is 0 Å². The lowest BCUT2D eigenvalue weighted by atomic mass is 10.2. The maximum Gasteiger partial charge on any atom is 0.410 e. The Kier molecular flexibility index (Phi) is 7.78. The summed E-state index contributed by atoms with van der Waals surface area (Å²) in [6.07, 6.45) is 4.68. The molecule has 0 atom stereocenters. The number of amides is 2. The standard InChI is InChI=1S/C16H28N2O4/c1-8-9-11-18(14(20)22-16(5,6)7)12-10-17-13(19)21-15(2,3)4/h1H,9-12H2,2-7H3,(H,17,19). The van der Waals surface area contributed by atoms with E-state index in [1.54, 1.807) is 41.5 Å². The monoisotopic (exact) mass is 312 g/mol. The molecule has 0 radical (unpaired) electrons. The third-order valence-electron chi connectivity index (χ3n) is 2.23. The highest BCUT2D eigenvalue weighted by molar-refractivity contribution is 5.69. The van der Waals surface area contributed by atoms with E-state index < -0.39 is 23.4 Å². The van der Waals surface area contributed by atoms with E-state index in [-0.39, 0.29) is 6.54 Å². The number of ether oxygens (including phenoxy) is 2. The fraction of sp³-hybridized carbons (Fsp3) is 0.750. The molecule has 0 aromatic rings. The van der Waals surface area contributed by atoms with Gasteiger partial charge in [-0.3, -0.25) is 0 Å². The fourth-order valence-corrected chi connectivity index (χ4v) is 1.43. The van der Waals surface area contributed by atoms with Crippen LogP contribution in [0.15, 0.2) is 0 Å². The molecule has 0 heterocycles. The lowest BCUT2D eigenvalue weighted by Crippen LogP contribution is -2.42. The number of terminal acetylenes is 1. The molecule has 0 aliphatic rings. The molecule has 0 aromatic heterocycles. The highest BCUT2D eigenvalue weighted by atomic mass is 16.6. The van der Waals surface area contributed by atoms with E-state index in [9.17, 15) is 9.59 Å². The molecule has 0 aliphatic heterocycles. The summed E-state index contributed by atoms with van der Waals surface area (Å²) in [5.41, 5.74) is -1.14. The average Bonchev–Trinajstić information content (AvgIpc) is 2.28. The zero-order chi connectivity index (χ0) is 17.4. The van der Waals surface area contributed by atoms with E-state index in [0.29, 0.717) is 19.5 Å². The number of nitrogens with zero attached hydrogens (tertiary/aromatic N) is 1. The lowest BCUT2D eigenvalue weighted by molar-refractivity contribution is 0.0244. The van der Waals surface area contributed by atoms with Crippen LogP contribution in [0, 0.1) is 12.3 Å². The predicted octanol–water partition coefficient (Wildman–Crippen LogP) is 2.77. The molecule has 22 heavy (non-hydrogen) atoms. The largest absolute Gasteiger partial charge is 0.444 e. The number of hydrogen-bond donors (Lipinski definition) is 1. The van der Waals surface area contributed by atoms with Gasteiger partial charge >= 0.3 is 12.2 Å². The number of carbonyl (C=O) groups excluding carboxylic acids is 2. The van der Waals surface area contributed by atoms with Crippen molar-refractivity contribution >= 4 is 12.2 Å². The van der Waals surface area contributed by atoms with E-state index in [1.807, 2.05) is 0 Å². The first-order valence-electron chi connectivity index (χ1n) is 7.33. The van der Waals surface area contributed by atoms with Gasteiger partial charge in [-0.05, 0) is 41.5 Å². The van der Waals surface area contributed by atoms with Crippen LogP contribution in [0.25, 0.3) is 0 Å². The molecule has 6 heteroatoms. The number of hydrogen-bond acceptors (Lipinski definition) is 4. The second-order valence-electron chi connectivity index (χ2n) is 6.85. The average molecular weight is 312 g/mol. The maximum atomic E-state index is 12.1. The third-order valence-corrected chi connectivity index (χ3v) is 2.23. The van der Waals surface area contributed by atoms with Crippen LogP contribution in [0.4, 0.5) is 9.59 Å². The zero-order valence-electron chi connectivity index (χ0n) is 14.5. The minimum atomic E-state index is -0.579. The first-order chi connectivity index (χ1) is 9.94. The van der Waals surface area contributed by atoms with Gasteiger partial charge < -0.3 is 19.7 Å². The van der Waals surface area contributed by atoms with E-state index in [2.05, 4.69) is 11.2 Å². The van der Waals surface area contributed by atoms with Crippen LogP contribution >= 0.6 is 0 Å². The minimum Gasteiger partial charge on any atom is -0.444 e. The van der Waals surface area contributed by atoms with Crippen molar-refractivity contribution in [3.63, 3.8) is 0 Å². The Hall–Kier alpha value is -1.90. The molecule has 0 fully saturated rings. The van der Waals surface area contributed by atoms with Crippen LogP contribution in [0.3, 0.4) is 0 Å². The Balaban J connectivity index is 4.40. The van der Waals surface area contributed by atoms with E-state index >= 15 is 0 Å². The SMILES string of the molecule is C#CCCN(CCNC(=O)OC(C)(C)C)C(=O)OC(C)(C)C. The Bertz CT molecular complexity index is 413. The topological polar surface area (TPSA) is 67.9 Å². The van der Waals surface area contributed by atoms with Gasteiger partial charge in [-0.25, -0.2) is 9.59 Å². The van der Waals surface area contributed by atoms with Crippen molar-refractivity contribution in [1.29, 1.82) is 0 Å². The molecule has 0 spiro atoms. The summed E-state index contributed by atoms with van der Waals surface area (Å²) in [7, 11) is 0. The zero-order valence-corrected chi connectivity index (χ0v) is 14.5. The van der Waals surface area contributed by atoms with Crippen LogP contribution in [-0.4, -0.2) is 47.9 Å². The number of alkyl carbamates (subject to hydrolysis) is 1. The van der Waals surface area contributed by atoms with Gasteiger partial charge in [-0.1, -0.05) is 0 Å². The number of carbonyl (C=O) groups is 2. The predicted molar refractivity (Wildman–Crippen MR) is 85.5 cm³/mol. The molecular weight excluding hydrogens is 284 g/mol. The van der Waals surface area contributed by atoms with Gasteiger partial charge in [0.15, 0.2) is 0 Å². The van der Waals surface area contributed by atoms with Crippen molar-refractivity contribution in [1.82, 2.24) is 10.2 Å². The Morgan fingerprint density at radius 3 is 2.05 bits per heavy atom. The molecule has 0 aliphatic carbocycles. The molecule has 0 rings (SSSR count). The van der Waals surface area contributed by atoms with Crippen LogP contribution < -0.4 is 5.32 Å². The molecule has 0 bridgehead atoms. The Morgan fingerprint density at radius 1 is 1.05 bits per heavy atom. The summed E-state index contributed by atoms with van der Waals surface area (Å²) in [5, 5.41) is 2.60. The molecule has 6 nitrogen and oxygen atoms in total. The molecule has 2 amide bonds. The summed E-state index contributed by atoms with van der Waals surface area (Å²) in [5.74, 6) is 2.48. The summed E-state index contributed by atoms with van der Waals surface area (Å²) in [6, 6.07) is 0. The maximum absolute atomic E-state index is 12.1. The lowest BCUT2D eigenvalue weighted by Gasteiger charge is -2.27. The second kappa shape index (κ2) is 8.52. The van der Waals surface area contributed by atoms with Gasteiger partial charge in [0.1, 0.15) is 11.2 Å². The summed E-state index contributed by atoms with van der Waals surface area (Å²) < 4.78 is 10.4. The highest BCUT2D eigenvalue weighted by Gasteiger charge is 2.22. The van der Waals surface area contributed by atoms with Crippen molar-refractivity contribution in [3.8, 4) is 12.3 Å². The second-order valence-corrected chi connectivity index (χ2v) is 6.85. The molecule has 0 unspecified atom stereocenters. The minimum absolute atomic E-state index is 0.263. The van der Waals surface area contributed by atoms with Crippen molar-refractivity contribution in [3.05, 3.63) is 0 Å².